The Kier molecular flexibility index (Phi) is 6.19. The minimum Gasteiger partial charge on any atom is -0.388 e. The van der Waals surface area contributed by atoms with Crippen molar-refractivity contribution in [3.63, 3.8) is 0 Å². The number of benzene rings is 1. The van der Waals surface area contributed by atoms with Gasteiger partial charge in [-0.05, 0) is 30.5 Å². The molecule has 17 heavy (non-hydrogen) atoms. The number of aliphatic hydroxyl groups is 1. The normalized spacial score (nSPS) is 12.7. The number of hydrogen-bond donors (Lipinski definition) is 1. The van der Waals surface area contributed by atoms with E-state index in [1.54, 1.807) is 7.11 Å². The summed E-state index contributed by atoms with van der Waals surface area (Å²) in [5, 5.41) is 9.98. The van der Waals surface area contributed by atoms with Crippen molar-refractivity contribution in [3.05, 3.63) is 34.9 Å². The van der Waals surface area contributed by atoms with Crippen LogP contribution < -0.4 is 0 Å². The zero-order valence-corrected chi connectivity index (χ0v) is 10.9. The third-order valence-electron chi connectivity index (χ3n) is 2.88. The highest BCUT2D eigenvalue weighted by molar-refractivity contribution is 5.31. The Balaban J connectivity index is 2.36. The van der Waals surface area contributed by atoms with Crippen molar-refractivity contribution in [1.29, 1.82) is 0 Å². The molecule has 0 aromatic heterocycles. The Labute approximate surface area is 103 Å². The van der Waals surface area contributed by atoms with Crippen molar-refractivity contribution in [2.75, 3.05) is 26.9 Å². The highest BCUT2D eigenvalue weighted by Crippen LogP contribution is 2.19. The van der Waals surface area contributed by atoms with Gasteiger partial charge in [0.2, 0.25) is 0 Å². The number of aliphatic hydroxyl groups excluding tert-OH is 1. The Bertz CT molecular complexity index is 336. The second kappa shape index (κ2) is 7.43. The highest BCUT2D eigenvalue weighted by atomic mass is 16.5. The maximum absolute atomic E-state index is 9.98. The molecule has 0 heterocycles. The predicted octanol–water partition coefficient (Wildman–Crippen LogP) is 2.39. The van der Waals surface area contributed by atoms with Crippen LogP contribution in [0.5, 0.6) is 0 Å². The summed E-state index contributed by atoms with van der Waals surface area (Å²) < 4.78 is 10.2. The van der Waals surface area contributed by atoms with Crippen molar-refractivity contribution in [2.24, 2.45) is 0 Å². The van der Waals surface area contributed by atoms with Crippen LogP contribution >= 0.6 is 0 Å². The van der Waals surface area contributed by atoms with Gasteiger partial charge in [0, 0.05) is 20.1 Å². The van der Waals surface area contributed by atoms with Crippen molar-refractivity contribution in [3.8, 4) is 0 Å². The SMILES string of the molecule is COCCOCCC(O)c1ccc(C)c(C)c1. The van der Waals surface area contributed by atoms with Crippen molar-refractivity contribution < 1.29 is 14.6 Å². The van der Waals surface area contributed by atoms with E-state index in [1.165, 1.54) is 11.1 Å². The number of aryl methyl sites for hydroxylation is 2. The maximum Gasteiger partial charge on any atom is 0.0812 e. The van der Waals surface area contributed by atoms with Crippen LogP contribution in [-0.2, 0) is 9.47 Å². The topological polar surface area (TPSA) is 38.7 Å². The summed E-state index contributed by atoms with van der Waals surface area (Å²) >= 11 is 0. The molecule has 0 fully saturated rings. The second-order valence-corrected chi connectivity index (χ2v) is 4.25. The van der Waals surface area contributed by atoms with Gasteiger partial charge in [-0.15, -0.1) is 0 Å². The first-order valence-electron chi connectivity index (χ1n) is 5.97. The maximum atomic E-state index is 9.98. The number of methoxy groups -OCH3 is 1. The van der Waals surface area contributed by atoms with E-state index in [0.717, 1.165) is 5.56 Å². The number of ether oxygens (including phenoxy) is 2. The van der Waals surface area contributed by atoms with Crippen LogP contribution in [0, 0.1) is 13.8 Å². The molecule has 0 aliphatic rings. The van der Waals surface area contributed by atoms with E-state index in [9.17, 15) is 5.11 Å². The Morgan fingerprint density at radius 3 is 2.53 bits per heavy atom. The van der Waals surface area contributed by atoms with Gasteiger partial charge in [0.15, 0.2) is 0 Å². The standard InChI is InChI=1S/C14H22O3/c1-11-4-5-13(10-12(11)2)14(15)6-7-17-9-8-16-3/h4-5,10,14-15H,6-9H2,1-3H3. The van der Waals surface area contributed by atoms with Gasteiger partial charge in [-0.3, -0.25) is 0 Å². The van der Waals surface area contributed by atoms with Crippen LogP contribution in [0.2, 0.25) is 0 Å². The molecule has 0 aliphatic heterocycles. The summed E-state index contributed by atoms with van der Waals surface area (Å²) in [7, 11) is 1.65. The molecule has 0 saturated heterocycles. The predicted molar refractivity (Wildman–Crippen MR) is 68.2 cm³/mol. The van der Waals surface area contributed by atoms with E-state index < -0.39 is 6.10 Å². The van der Waals surface area contributed by atoms with Crippen molar-refractivity contribution in [2.45, 2.75) is 26.4 Å². The zero-order valence-electron chi connectivity index (χ0n) is 10.9. The molecular weight excluding hydrogens is 216 g/mol. The molecule has 0 bridgehead atoms. The minimum atomic E-state index is -0.447. The van der Waals surface area contributed by atoms with Crippen LogP contribution in [0.3, 0.4) is 0 Å². The van der Waals surface area contributed by atoms with Crippen molar-refractivity contribution >= 4 is 0 Å². The first-order chi connectivity index (χ1) is 8.15. The van der Waals surface area contributed by atoms with E-state index in [0.29, 0.717) is 26.2 Å². The molecular formula is C14H22O3. The summed E-state index contributed by atoms with van der Waals surface area (Å²) in [6, 6.07) is 6.05. The molecule has 1 aromatic carbocycles. The molecule has 0 aliphatic carbocycles. The molecule has 1 rings (SSSR count). The molecule has 1 atom stereocenters. The van der Waals surface area contributed by atoms with Crippen molar-refractivity contribution in [1.82, 2.24) is 0 Å². The van der Waals surface area contributed by atoms with Gasteiger partial charge in [0.1, 0.15) is 0 Å². The van der Waals surface area contributed by atoms with Gasteiger partial charge < -0.3 is 14.6 Å². The minimum absolute atomic E-state index is 0.447. The van der Waals surface area contributed by atoms with Crippen LogP contribution in [0.1, 0.15) is 29.2 Å². The van der Waals surface area contributed by atoms with Crippen LogP contribution in [-0.4, -0.2) is 32.0 Å². The lowest BCUT2D eigenvalue weighted by atomic mass is 10.0. The summed E-state index contributed by atoms with van der Waals surface area (Å²) in [4.78, 5) is 0. The molecule has 0 spiro atoms. The lowest BCUT2D eigenvalue weighted by Crippen LogP contribution is -2.07. The Morgan fingerprint density at radius 1 is 1.12 bits per heavy atom. The van der Waals surface area contributed by atoms with E-state index in [1.807, 2.05) is 18.2 Å². The number of rotatable bonds is 7. The van der Waals surface area contributed by atoms with Gasteiger partial charge in [-0.25, -0.2) is 0 Å². The summed E-state index contributed by atoms with van der Waals surface area (Å²) in [6.07, 6.45) is 0.170. The molecule has 1 N–H and O–H groups in total. The monoisotopic (exact) mass is 238 g/mol. The van der Waals surface area contributed by atoms with E-state index in [-0.39, 0.29) is 0 Å². The van der Waals surface area contributed by atoms with Gasteiger partial charge in [-0.1, -0.05) is 18.2 Å². The van der Waals surface area contributed by atoms with Gasteiger partial charge in [-0.2, -0.15) is 0 Å². The molecule has 1 unspecified atom stereocenters. The lowest BCUT2D eigenvalue weighted by Gasteiger charge is -2.12. The molecule has 1 aromatic rings. The summed E-state index contributed by atoms with van der Waals surface area (Å²) in [6.45, 7) is 5.85. The fourth-order valence-electron chi connectivity index (χ4n) is 1.58. The molecule has 3 nitrogen and oxygen atoms in total. The van der Waals surface area contributed by atoms with Crippen LogP contribution in [0.15, 0.2) is 18.2 Å². The average Bonchev–Trinajstić information content (AvgIpc) is 2.32. The first-order valence-corrected chi connectivity index (χ1v) is 5.97. The van der Waals surface area contributed by atoms with Crippen LogP contribution in [0.4, 0.5) is 0 Å². The van der Waals surface area contributed by atoms with Gasteiger partial charge >= 0.3 is 0 Å². The molecule has 0 radical (unpaired) electrons. The zero-order chi connectivity index (χ0) is 12.7. The molecule has 0 amide bonds. The Morgan fingerprint density at radius 2 is 1.88 bits per heavy atom. The quantitative estimate of drug-likeness (QED) is 0.741. The van der Waals surface area contributed by atoms with Crippen LogP contribution in [0.25, 0.3) is 0 Å². The second-order valence-electron chi connectivity index (χ2n) is 4.25. The lowest BCUT2D eigenvalue weighted by molar-refractivity contribution is 0.0475. The Hall–Kier alpha value is -0.900. The smallest absolute Gasteiger partial charge is 0.0812 e. The van der Waals surface area contributed by atoms with Gasteiger partial charge in [0.25, 0.3) is 0 Å². The molecule has 0 saturated carbocycles. The van der Waals surface area contributed by atoms with E-state index in [4.69, 9.17) is 9.47 Å². The number of hydrogen-bond acceptors (Lipinski definition) is 3. The van der Waals surface area contributed by atoms with Gasteiger partial charge in [0.05, 0.1) is 19.3 Å². The highest BCUT2D eigenvalue weighted by Gasteiger charge is 2.08. The first kappa shape index (κ1) is 14.2. The molecule has 96 valence electrons. The average molecular weight is 238 g/mol. The van der Waals surface area contributed by atoms with E-state index >= 15 is 0 Å². The fraction of sp³-hybridized carbons (Fsp3) is 0.571. The third-order valence-corrected chi connectivity index (χ3v) is 2.88. The van der Waals surface area contributed by atoms with E-state index in [2.05, 4.69) is 13.8 Å². The molecule has 3 heteroatoms. The fourth-order valence-corrected chi connectivity index (χ4v) is 1.58. The summed E-state index contributed by atoms with van der Waals surface area (Å²) in [5.74, 6) is 0. The third kappa shape index (κ3) is 4.86. The largest absolute Gasteiger partial charge is 0.388 e. The summed E-state index contributed by atoms with van der Waals surface area (Å²) in [5.41, 5.74) is 3.42.